The summed E-state index contributed by atoms with van der Waals surface area (Å²) in [5.74, 6) is 0.293. The summed E-state index contributed by atoms with van der Waals surface area (Å²) >= 11 is 0. The standard InChI is InChI=1S/C23H28N6O/c1-18-9-11-27-29(18)14-12-25-23(30)19-7-8-22(26-15-19)20-5-4-13-28(16-20)17-21-6-2-3-10-24-21/h2-3,6-11,15,20H,4-5,12-14,16-17H2,1H3,(H,25,30)/t20-/m1/s1. The van der Waals surface area contributed by atoms with E-state index in [1.54, 1.807) is 12.4 Å². The first kappa shape index (κ1) is 20.2. The molecule has 1 amide bonds. The number of hydrogen-bond donors (Lipinski definition) is 1. The molecule has 1 N–H and O–H groups in total. The van der Waals surface area contributed by atoms with Crippen LogP contribution in [0, 0.1) is 6.92 Å². The monoisotopic (exact) mass is 404 g/mol. The molecule has 1 atom stereocenters. The van der Waals surface area contributed by atoms with E-state index in [0.717, 1.165) is 49.6 Å². The van der Waals surface area contributed by atoms with Gasteiger partial charge in [-0.2, -0.15) is 5.10 Å². The maximum Gasteiger partial charge on any atom is 0.252 e. The van der Waals surface area contributed by atoms with E-state index in [1.165, 1.54) is 0 Å². The second-order valence-corrected chi connectivity index (χ2v) is 7.82. The molecule has 30 heavy (non-hydrogen) atoms. The first-order chi connectivity index (χ1) is 14.7. The van der Waals surface area contributed by atoms with Gasteiger partial charge in [0.1, 0.15) is 0 Å². The molecule has 7 nitrogen and oxygen atoms in total. The molecule has 1 aliphatic heterocycles. The summed E-state index contributed by atoms with van der Waals surface area (Å²) in [5, 5.41) is 7.17. The summed E-state index contributed by atoms with van der Waals surface area (Å²) in [7, 11) is 0. The highest BCUT2D eigenvalue weighted by molar-refractivity contribution is 5.93. The molecule has 4 rings (SSSR count). The first-order valence-corrected chi connectivity index (χ1v) is 10.5. The second-order valence-electron chi connectivity index (χ2n) is 7.82. The molecule has 0 aliphatic carbocycles. The fourth-order valence-corrected chi connectivity index (χ4v) is 3.95. The van der Waals surface area contributed by atoms with Gasteiger partial charge in [-0.1, -0.05) is 6.07 Å². The Kier molecular flexibility index (Phi) is 6.49. The number of carbonyl (C=O) groups excluding carboxylic acids is 1. The fraction of sp³-hybridized carbons (Fsp3) is 0.391. The Bertz CT molecular complexity index is 953. The molecule has 0 bridgehead atoms. The van der Waals surface area contributed by atoms with E-state index in [4.69, 9.17) is 0 Å². The first-order valence-electron chi connectivity index (χ1n) is 10.5. The second kappa shape index (κ2) is 9.63. The summed E-state index contributed by atoms with van der Waals surface area (Å²) in [4.78, 5) is 23.9. The van der Waals surface area contributed by atoms with Gasteiger partial charge in [-0.05, 0) is 56.6 Å². The Morgan fingerprint density at radius 2 is 2.10 bits per heavy atom. The lowest BCUT2D eigenvalue weighted by atomic mass is 9.94. The zero-order valence-corrected chi connectivity index (χ0v) is 17.4. The summed E-state index contributed by atoms with van der Waals surface area (Å²) < 4.78 is 1.88. The Labute approximate surface area is 177 Å². The predicted octanol–water partition coefficient (Wildman–Crippen LogP) is 2.79. The van der Waals surface area contributed by atoms with Gasteiger partial charge in [0.2, 0.25) is 0 Å². The molecule has 0 aromatic carbocycles. The van der Waals surface area contributed by atoms with E-state index in [2.05, 4.69) is 31.3 Å². The third kappa shape index (κ3) is 5.10. The van der Waals surface area contributed by atoms with Crippen molar-refractivity contribution in [3.63, 3.8) is 0 Å². The van der Waals surface area contributed by atoms with Crippen molar-refractivity contribution in [1.82, 2.24) is 30.0 Å². The van der Waals surface area contributed by atoms with Crippen LogP contribution in [-0.4, -0.2) is 50.2 Å². The summed E-state index contributed by atoms with van der Waals surface area (Å²) in [6.45, 7) is 6.12. The summed E-state index contributed by atoms with van der Waals surface area (Å²) in [6, 6.07) is 11.9. The van der Waals surface area contributed by atoms with Crippen LogP contribution in [0.25, 0.3) is 0 Å². The third-order valence-corrected chi connectivity index (χ3v) is 5.62. The largest absolute Gasteiger partial charge is 0.350 e. The van der Waals surface area contributed by atoms with E-state index in [1.807, 2.05) is 48.1 Å². The van der Waals surface area contributed by atoms with Gasteiger partial charge in [0.15, 0.2) is 0 Å². The van der Waals surface area contributed by atoms with Crippen molar-refractivity contribution in [3.8, 4) is 0 Å². The Morgan fingerprint density at radius 1 is 1.17 bits per heavy atom. The number of aromatic nitrogens is 4. The molecular weight excluding hydrogens is 376 g/mol. The van der Waals surface area contributed by atoms with Gasteiger partial charge in [0.25, 0.3) is 5.91 Å². The van der Waals surface area contributed by atoms with Crippen LogP contribution in [0.1, 0.15) is 46.2 Å². The SMILES string of the molecule is Cc1ccnn1CCNC(=O)c1ccc([C@@H]2CCCN(Cc3ccccn3)C2)nc1. The number of hydrogen-bond acceptors (Lipinski definition) is 5. The minimum absolute atomic E-state index is 0.0979. The number of aryl methyl sites for hydroxylation is 1. The highest BCUT2D eigenvalue weighted by atomic mass is 16.1. The summed E-state index contributed by atoms with van der Waals surface area (Å²) in [6.07, 6.45) is 7.58. The number of carbonyl (C=O) groups is 1. The molecule has 156 valence electrons. The predicted molar refractivity (Wildman–Crippen MR) is 115 cm³/mol. The molecule has 0 unspecified atom stereocenters. The van der Waals surface area contributed by atoms with Crippen LogP contribution >= 0.6 is 0 Å². The lowest BCUT2D eigenvalue weighted by Crippen LogP contribution is -2.34. The van der Waals surface area contributed by atoms with Crippen molar-refractivity contribution >= 4 is 5.91 Å². The fourth-order valence-electron chi connectivity index (χ4n) is 3.95. The lowest BCUT2D eigenvalue weighted by Gasteiger charge is -2.32. The van der Waals surface area contributed by atoms with Crippen LogP contribution in [0.3, 0.4) is 0 Å². The molecule has 0 spiro atoms. The highest BCUT2D eigenvalue weighted by Crippen LogP contribution is 2.26. The molecule has 7 heteroatoms. The average Bonchev–Trinajstić information content (AvgIpc) is 3.19. The smallest absolute Gasteiger partial charge is 0.252 e. The van der Waals surface area contributed by atoms with Gasteiger partial charge < -0.3 is 5.32 Å². The zero-order valence-electron chi connectivity index (χ0n) is 17.4. The molecule has 3 aromatic rings. The number of rotatable bonds is 7. The van der Waals surface area contributed by atoms with Gasteiger partial charge in [0, 0.05) is 55.5 Å². The lowest BCUT2D eigenvalue weighted by molar-refractivity contribution is 0.0951. The highest BCUT2D eigenvalue weighted by Gasteiger charge is 2.23. The average molecular weight is 405 g/mol. The van der Waals surface area contributed by atoms with Gasteiger partial charge in [-0.3, -0.25) is 24.3 Å². The molecule has 4 heterocycles. The Hall–Kier alpha value is -3.06. The topological polar surface area (TPSA) is 75.9 Å². The molecule has 1 fully saturated rings. The van der Waals surface area contributed by atoms with Gasteiger partial charge in [-0.25, -0.2) is 0 Å². The molecule has 1 saturated heterocycles. The van der Waals surface area contributed by atoms with E-state index in [0.29, 0.717) is 24.6 Å². The zero-order chi connectivity index (χ0) is 20.8. The molecule has 3 aromatic heterocycles. The number of nitrogens with one attached hydrogen (secondary N) is 1. The summed E-state index contributed by atoms with van der Waals surface area (Å²) in [5.41, 5.74) is 3.84. The van der Waals surface area contributed by atoms with Crippen molar-refractivity contribution in [2.45, 2.75) is 38.8 Å². The van der Waals surface area contributed by atoms with E-state index in [9.17, 15) is 4.79 Å². The van der Waals surface area contributed by atoms with E-state index < -0.39 is 0 Å². The maximum absolute atomic E-state index is 12.4. The van der Waals surface area contributed by atoms with Crippen molar-refractivity contribution in [1.29, 1.82) is 0 Å². The van der Waals surface area contributed by atoms with Gasteiger partial charge in [0.05, 0.1) is 17.8 Å². The number of nitrogens with zero attached hydrogens (tertiary/aromatic N) is 5. The van der Waals surface area contributed by atoms with E-state index >= 15 is 0 Å². The number of amides is 1. The van der Waals surface area contributed by atoms with Crippen LogP contribution in [0.2, 0.25) is 0 Å². The van der Waals surface area contributed by atoms with Crippen LogP contribution in [-0.2, 0) is 13.1 Å². The Balaban J connectivity index is 1.30. The molecular formula is C23H28N6O. The van der Waals surface area contributed by atoms with Gasteiger partial charge >= 0.3 is 0 Å². The molecule has 1 aliphatic rings. The minimum Gasteiger partial charge on any atom is -0.350 e. The van der Waals surface area contributed by atoms with Crippen LogP contribution in [0.4, 0.5) is 0 Å². The molecule has 0 saturated carbocycles. The molecule has 0 radical (unpaired) electrons. The minimum atomic E-state index is -0.0979. The third-order valence-electron chi connectivity index (χ3n) is 5.62. The maximum atomic E-state index is 12.4. The van der Waals surface area contributed by atoms with E-state index in [-0.39, 0.29) is 5.91 Å². The normalized spacial score (nSPS) is 17.0. The van der Waals surface area contributed by atoms with Crippen molar-refractivity contribution in [2.24, 2.45) is 0 Å². The quantitative estimate of drug-likeness (QED) is 0.655. The van der Waals surface area contributed by atoms with Crippen molar-refractivity contribution < 1.29 is 4.79 Å². The Morgan fingerprint density at radius 3 is 2.83 bits per heavy atom. The number of piperidine rings is 1. The van der Waals surface area contributed by atoms with Crippen molar-refractivity contribution in [3.05, 3.63) is 77.6 Å². The van der Waals surface area contributed by atoms with Crippen molar-refractivity contribution in [2.75, 3.05) is 19.6 Å². The number of pyridine rings is 2. The number of likely N-dealkylation sites (tertiary alicyclic amines) is 1. The van der Waals surface area contributed by atoms with Gasteiger partial charge in [-0.15, -0.1) is 0 Å². The van der Waals surface area contributed by atoms with Crippen LogP contribution < -0.4 is 5.32 Å². The van der Waals surface area contributed by atoms with Crippen LogP contribution in [0.5, 0.6) is 0 Å². The van der Waals surface area contributed by atoms with Crippen LogP contribution in [0.15, 0.2) is 55.0 Å².